The number of H-pyrrole nitrogens is 1. The molecule has 0 spiro atoms. The summed E-state index contributed by atoms with van der Waals surface area (Å²) in [7, 11) is 2.90. The van der Waals surface area contributed by atoms with Crippen LogP contribution in [0.15, 0.2) is 27.9 Å². The monoisotopic (exact) mass is 246 g/mol. The van der Waals surface area contributed by atoms with Gasteiger partial charge in [0.2, 0.25) is 0 Å². The van der Waals surface area contributed by atoms with Gasteiger partial charge in [0, 0.05) is 17.7 Å². The van der Waals surface area contributed by atoms with Gasteiger partial charge >= 0.3 is 0 Å². The third-order valence-corrected chi connectivity index (χ3v) is 3.47. The molecule has 0 bridgehead atoms. The summed E-state index contributed by atoms with van der Waals surface area (Å²) in [6.07, 6.45) is 0. The molecular weight excluding hydrogens is 240 g/mol. The fourth-order valence-corrected chi connectivity index (χ4v) is 2.45. The second-order valence-corrected chi connectivity index (χ2v) is 5.63. The predicted molar refractivity (Wildman–Crippen MR) is 56.6 cm³/mol. The zero-order valence-electron chi connectivity index (χ0n) is 7.69. The Labute approximate surface area is 89.7 Å². The molecule has 0 atom stereocenters. The molecule has 0 unspecified atom stereocenters. The third-order valence-electron chi connectivity index (χ3n) is 2.10. The van der Waals surface area contributed by atoms with Gasteiger partial charge in [-0.1, -0.05) is 6.07 Å². The van der Waals surface area contributed by atoms with E-state index >= 15 is 0 Å². The zero-order chi connectivity index (χ0) is 11.2. The molecule has 2 aromatic rings. The molecule has 1 aromatic heterocycles. The van der Waals surface area contributed by atoms with Crippen LogP contribution < -0.4 is 5.56 Å². The minimum absolute atomic E-state index is 0.0839. The number of benzene rings is 1. The maximum Gasteiger partial charge on any atom is 0.274 e. The average molecular weight is 247 g/mol. The van der Waals surface area contributed by atoms with Crippen molar-refractivity contribution in [2.24, 2.45) is 7.05 Å². The van der Waals surface area contributed by atoms with Crippen LogP contribution in [0.25, 0.3) is 10.9 Å². The van der Waals surface area contributed by atoms with Gasteiger partial charge in [0.25, 0.3) is 14.6 Å². The van der Waals surface area contributed by atoms with Crippen LogP contribution in [0.5, 0.6) is 0 Å². The SMILES string of the molecule is Cn1[nH]c2c(S(=O)(=O)Cl)cccc2c1=O. The van der Waals surface area contributed by atoms with Crippen LogP contribution in [0.3, 0.4) is 0 Å². The van der Waals surface area contributed by atoms with E-state index in [1.807, 2.05) is 0 Å². The number of rotatable bonds is 1. The quantitative estimate of drug-likeness (QED) is 0.757. The lowest BCUT2D eigenvalue weighted by atomic mass is 10.2. The summed E-state index contributed by atoms with van der Waals surface area (Å²) in [5.74, 6) is 0. The summed E-state index contributed by atoms with van der Waals surface area (Å²) in [6.45, 7) is 0. The smallest absolute Gasteiger partial charge is 0.274 e. The van der Waals surface area contributed by atoms with Crippen molar-refractivity contribution in [1.82, 2.24) is 9.78 Å². The molecule has 0 aliphatic rings. The van der Waals surface area contributed by atoms with Gasteiger partial charge in [-0.15, -0.1) is 0 Å². The van der Waals surface area contributed by atoms with Gasteiger partial charge in [0.1, 0.15) is 4.90 Å². The lowest BCUT2D eigenvalue weighted by Gasteiger charge is -1.96. The lowest BCUT2D eigenvalue weighted by molar-refractivity contribution is 0.610. The highest BCUT2D eigenvalue weighted by Gasteiger charge is 2.17. The Hall–Kier alpha value is -1.27. The molecule has 2 rings (SSSR count). The van der Waals surface area contributed by atoms with Crippen LogP contribution in [0.1, 0.15) is 0 Å². The van der Waals surface area contributed by atoms with E-state index in [2.05, 4.69) is 5.10 Å². The Bertz CT molecular complexity index is 683. The van der Waals surface area contributed by atoms with E-state index in [0.29, 0.717) is 5.39 Å². The van der Waals surface area contributed by atoms with E-state index in [-0.39, 0.29) is 16.0 Å². The van der Waals surface area contributed by atoms with Gasteiger partial charge in [-0.2, -0.15) is 0 Å². The topological polar surface area (TPSA) is 71.9 Å². The largest absolute Gasteiger partial charge is 0.294 e. The first-order valence-corrected chi connectivity index (χ1v) is 6.34. The highest BCUT2D eigenvalue weighted by molar-refractivity contribution is 8.14. The lowest BCUT2D eigenvalue weighted by Crippen LogP contribution is -2.10. The summed E-state index contributed by atoms with van der Waals surface area (Å²) in [4.78, 5) is 11.4. The Balaban J connectivity index is 3.02. The van der Waals surface area contributed by atoms with Gasteiger partial charge < -0.3 is 0 Å². The van der Waals surface area contributed by atoms with Crippen molar-refractivity contribution in [3.8, 4) is 0 Å². The molecule has 1 N–H and O–H groups in total. The first-order chi connectivity index (χ1) is 6.91. The molecule has 0 saturated heterocycles. The molecule has 0 aliphatic heterocycles. The highest BCUT2D eigenvalue weighted by atomic mass is 35.7. The summed E-state index contributed by atoms with van der Waals surface area (Å²) >= 11 is 0. The van der Waals surface area contributed by atoms with E-state index < -0.39 is 9.05 Å². The third kappa shape index (κ3) is 1.55. The number of aryl methyl sites for hydroxylation is 1. The van der Waals surface area contributed by atoms with E-state index in [1.54, 1.807) is 6.07 Å². The molecule has 5 nitrogen and oxygen atoms in total. The molecule has 1 aromatic carbocycles. The minimum Gasteiger partial charge on any atom is -0.294 e. The van der Waals surface area contributed by atoms with Crippen molar-refractivity contribution in [3.05, 3.63) is 28.6 Å². The number of hydrogen-bond donors (Lipinski definition) is 1. The molecule has 7 heteroatoms. The van der Waals surface area contributed by atoms with Crippen LogP contribution >= 0.6 is 10.7 Å². The Morgan fingerprint density at radius 2 is 2.07 bits per heavy atom. The maximum atomic E-state index is 11.5. The summed E-state index contributed by atoms with van der Waals surface area (Å²) in [5, 5.41) is 2.95. The van der Waals surface area contributed by atoms with Crippen LogP contribution in [-0.4, -0.2) is 18.2 Å². The second kappa shape index (κ2) is 3.11. The first kappa shape index (κ1) is 10.3. The molecular formula is C8H7ClN2O3S. The van der Waals surface area contributed by atoms with Crippen LogP contribution in [0, 0.1) is 0 Å². The van der Waals surface area contributed by atoms with Crippen molar-refractivity contribution in [1.29, 1.82) is 0 Å². The van der Waals surface area contributed by atoms with E-state index in [1.165, 1.54) is 23.9 Å². The van der Waals surface area contributed by atoms with Crippen molar-refractivity contribution in [2.45, 2.75) is 4.90 Å². The number of nitrogens with one attached hydrogen (secondary N) is 1. The molecule has 0 fully saturated rings. The molecule has 0 radical (unpaired) electrons. The summed E-state index contributed by atoms with van der Waals surface area (Å²) in [6, 6.07) is 4.37. The van der Waals surface area contributed by atoms with Crippen molar-refractivity contribution in [3.63, 3.8) is 0 Å². The standard InChI is InChI=1S/C8H7ClN2O3S/c1-11-8(12)5-3-2-4-6(7(5)10-11)15(9,13)14/h2-4,10H,1H3. The van der Waals surface area contributed by atoms with Gasteiger partial charge in [0.15, 0.2) is 0 Å². The number of aromatic amines is 1. The van der Waals surface area contributed by atoms with Crippen LogP contribution in [0.4, 0.5) is 0 Å². The Morgan fingerprint density at radius 1 is 1.40 bits per heavy atom. The molecule has 1 heterocycles. The second-order valence-electron chi connectivity index (χ2n) is 3.09. The van der Waals surface area contributed by atoms with Crippen molar-refractivity contribution in [2.75, 3.05) is 0 Å². The fourth-order valence-electron chi connectivity index (χ4n) is 1.43. The molecule has 0 aliphatic carbocycles. The first-order valence-electron chi connectivity index (χ1n) is 4.03. The highest BCUT2D eigenvalue weighted by Crippen LogP contribution is 2.21. The summed E-state index contributed by atoms with van der Waals surface area (Å²) < 4.78 is 23.6. The van der Waals surface area contributed by atoms with Gasteiger partial charge in [-0.3, -0.25) is 14.6 Å². The summed E-state index contributed by atoms with van der Waals surface area (Å²) in [5.41, 5.74) is -0.0489. The Kier molecular flexibility index (Phi) is 2.13. The van der Waals surface area contributed by atoms with Crippen LogP contribution in [0.2, 0.25) is 0 Å². The number of nitrogens with zero attached hydrogens (tertiary/aromatic N) is 1. The minimum atomic E-state index is -3.84. The number of halogens is 1. The van der Waals surface area contributed by atoms with Gasteiger partial charge in [-0.25, -0.2) is 8.42 Å². The maximum absolute atomic E-state index is 11.5. The van der Waals surface area contributed by atoms with Gasteiger partial charge in [0.05, 0.1) is 10.9 Å². The molecule has 80 valence electrons. The Morgan fingerprint density at radius 3 is 2.67 bits per heavy atom. The van der Waals surface area contributed by atoms with Crippen molar-refractivity contribution < 1.29 is 8.42 Å². The normalized spacial score (nSPS) is 12.1. The predicted octanol–water partition coefficient (Wildman–Crippen LogP) is 0.794. The van der Waals surface area contributed by atoms with E-state index in [9.17, 15) is 13.2 Å². The molecule has 0 amide bonds. The number of fused-ring (bicyclic) bond motifs is 1. The zero-order valence-corrected chi connectivity index (χ0v) is 9.26. The fraction of sp³-hybridized carbons (Fsp3) is 0.125. The van der Waals surface area contributed by atoms with Crippen LogP contribution in [-0.2, 0) is 16.1 Å². The van der Waals surface area contributed by atoms with Crippen molar-refractivity contribution >= 4 is 30.6 Å². The van der Waals surface area contributed by atoms with Gasteiger partial charge in [-0.05, 0) is 12.1 Å². The van der Waals surface area contributed by atoms with E-state index in [4.69, 9.17) is 10.7 Å². The molecule has 0 saturated carbocycles. The number of hydrogen-bond acceptors (Lipinski definition) is 3. The number of aromatic nitrogens is 2. The number of para-hydroxylation sites is 1. The molecule has 15 heavy (non-hydrogen) atoms. The van der Waals surface area contributed by atoms with E-state index in [0.717, 1.165) is 0 Å². The average Bonchev–Trinajstić information content (AvgIpc) is 2.41.